The average molecular weight is 383 g/mol. The third-order valence-electron chi connectivity index (χ3n) is 7.62. The highest BCUT2D eigenvalue weighted by molar-refractivity contribution is 5.97. The first-order chi connectivity index (χ1) is 13.4. The van der Waals surface area contributed by atoms with E-state index in [2.05, 4.69) is 13.0 Å². The minimum Gasteiger partial charge on any atom is -0.466 e. The summed E-state index contributed by atoms with van der Waals surface area (Å²) >= 11 is 0. The molecular weight excluding hydrogens is 352 g/mol. The molecule has 0 aliphatic heterocycles. The summed E-state index contributed by atoms with van der Waals surface area (Å²) < 4.78 is 4.91. The van der Waals surface area contributed by atoms with Crippen LogP contribution in [0.4, 0.5) is 0 Å². The summed E-state index contributed by atoms with van der Waals surface area (Å²) in [6.45, 7) is 4.32. The van der Waals surface area contributed by atoms with E-state index in [4.69, 9.17) is 4.74 Å². The van der Waals surface area contributed by atoms with Gasteiger partial charge in [-0.15, -0.1) is 0 Å². The molecule has 2 saturated carbocycles. The van der Waals surface area contributed by atoms with Gasteiger partial charge in [0.15, 0.2) is 5.78 Å². The Bertz CT molecular complexity index is 811. The van der Waals surface area contributed by atoms with Crippen molar-refractivity contribution in [3.8, 4) is 0 Å². The van der Waals surface area contributed by atoms with E-state index in [-0.39, 0.29) is 30.0 Å². The monoisotopic (exact) mass is 382 g/mol. The zero-order valence-corrected chi connectivity index (χ0v) is 17.0. The topological polar surface area (TPSA) is 60.4 Å². The molecule has 0 spiro atoms. The molecule has 4 rings (SSSR count). The van der Waals surface area contributed by atoms with Gasteiger partial charge in [0.1, 0.15) is 5.78 Å². The number of fused-ring (bicyclic) bond motifs is 5. The van der Waals surface area contributed by atoms with Gasteiger partial charge in [-0.25, -0.2) is 0 Å². The van der Waals surface area contributed by atoms with E-state index in [9.17, 15) is 14.4 Å². The Labute approximate surface area is 167 Å². The van der Waals surface area contributed by atoms with E-state index in [1.807, 2.05) is 12.1 Å². The molecule has 1 aromatic carbocycles. The summed E-state index contributed by atoms with van der Waals surface area (Å²) in [6.07, 6.45) is 6.32. The lowest BCUT2D eigenvalue weighted by molar-refractivity contribution is -0.143. The summed E-state index contributed by atoms with van der Waals surface area (Å²) in [5.74, 6) is 1.82. The third-order valence-corrected chi connectivity index (χ3v) is 7.62. The SMILES string of the molecule is CCOC(=O)CCC(=O)c1ccc2c(c1)CC[C@H]1[C@H]3CCC(=O)[C@@]3(C)CC[C@@H]21. The van der Waals surface area contributed by atoms with Crippen LogP contribution in [0.5, 0.6) is 0 Å². The molecule has 4 heteroatoms. The molecule has 0 unspecified atom stereocenters. The number of aryl methyl sites for hydroxylation is 1. The highest BCUT2D eigenvalue weighted by atomic mass is 16.5. The number of Topliss-reactive ketones (excluding diaryl/α,β-unsaturated/α-hetero) is 2. The molecule has 28 heavy (non-hydrogen) atoms. The number of rotatable bonds is 5. The highest BCUT2D eigenvalue weighted by Gasteiger charge is 2.54. The molecule has 3 aliphatic rings. The van der Waals surface area contributed by atoms with Gasteiger partial charge in [-0.1, -0.05) is 19.1 Å². The van der Waals surface area contributed by atoms with Gasteiger partial charge in [0.2, 0.25) is 0 Å². The van der Waals surface area contributed by atoms with Crippen LogP contribution < -0.4 is 0 Å². The predicted octanol–water partition coefficient (Wildman–Crippen LogP) is 4.64. The van der Waals surface area contributed by atoms with Gasteiger partial charge in [0.25, 0.3) is 0 Å². The maximum atomic E-state index is 12.5. The van der Waals surface area contributed by atoms with Crippen molar-refractivity contribution < 1.29 is 19.1 Å². The number of ether oxygens (including phenoxy) is 1. The Kier molecular flexibility index (Phi) is 5.15. The van der Waals surface area contributed by atoms with Crippen LogP contribution in [0.1, 0.15) is 86.2 Å². The number of carbonyl (C=O) groups is 3. The molecule has 0 saturated heterocycles. The lowest BCUT2D eigenvalue weighted by atomic mass is 9.55. The second-order valence-corrected chi connectivity index (χ2v) is 8.98. The largest absolute Gasteiger partial charge is 0.466 e. The predicted molar refractivity (Wildman–Crippen MR) is 106 cm³/mol. The van der Waals surface area contributed by atoms with E-state index < -0.39 is 0 Å². The molecular formula is C24H30O4. The van der Waals surface area contributed by atoms with Crippen molar-refractivity contribution >= 4 is 17.5 Å². The van der Waals surface area contributed by atoms with Crippen molar-refractivity contribution in [2.24, 2.45) is 17.3 Å². The molecule has 0 radical (unpaired) electrons. The van der Waals surface area contributed by atoms with Crippen molar-refractivity contribution in [2.45, 2.75) is 71.1 Å². The minimum atomic E-state index is -0.312. The van der Waals surface area contributed by atoms with Crippen molar-refractivity contribution in [1.29, 1.82) is 0 Å². The van der Waals surface area contributed by atoms with Crippen molar-refractivity contribution in [3.63, 3.8) is 0 Å². The number of benzene rings is 1. The fourth-order valence-corrected chi connectivity index (χ4v) is 6.12. The third kappa shape index (κ3) is 3.21. The Morgan fingerprint density at radius 2 is 1.96 bits per heavy atom. The standard InChI is InChI=1S/C24H30O4/c1-3-28-23(27)11-9-21(25)16-5-6-17-15(14-16)4-7-19-18(17)12-13-24(2)20(19)8-10-22(24)26/h5-6,14,18-20H,3-4,7-13H2,1-2H3/t18-,19+,20+,24-/m0/s1. The molecule has 4 atom stereocenters. The van der Waals surface area contributed by atoms with Gasteiger partial charge in [-0.2, -0.15) is 0 Å². The van der Waals surface area contributed by atoms with Crippen LogP contribution >= 0.6 is 0 Å². The van der Waals surface area contributed by atoms with E-state index in [1.54, 1.807) is 6.92 Å². The van der Waals surface area contributed by atoms with Crippen LogP contribution in [-0.4, -0.2) is 24.1 Å². The number of hydrogen-bond acceptors (Lipinski definition) is 4. The number of hydrogen-bond donors (Lipinski definition) is 0. The van der Waals surface area contributed by atoms with E-state index in [0.717, 1.165) is 38.5 Å². The first-order valence-electron chi connectivity index (χ1n) is 10.8. The summed E-state index contributed by atoms with van der Waals surface area (Å²) in [4.78, 5) is 36.5. The Morgan fingerprint density at radius 3 is 2.75 bits per heavy atom. The summed E-state index contributed by atoms with van der Waals surface area (Å²) in [6, 6.07) is 6.12. The molecule has 0 aromatic heterocycles. The normalized spacial score (nSPS) is 30.9. The molecule has 0 amide bonds. The van der Waals surface area contributed by atoms with Gasteiger partial charge in [-0.3, -0.25) is 14.4 Å². The Morgan fingerprint density at radius 1 is 1.14 bits per heavy atom. The summed E-state index contributed by atoms with van der Waals surface area (Å²) in [7, 11) is 0. The van der Waals surface area contributed by atoms with Crippen LogP contribution in [0, 0.1) is 17.3 Å². The zero-order chi connectivity index (χ0) is 19.9. The van der Waals surface area contributed by atoms with Gasteiger partial charge < -0.3 is 4.74 Å². The molecule has 0 bridgehead atoms. The second kappa shape index (κ2) is 7.46. The minimum absolute atomic E-state index is 0.00980. The number of ketones is 2. The molecule has 150 valence electrons. The van der Waals surface area contributed by atoms with E-state index in [1.165, 1.54) is 11.1 Å². The van der Waals surface area contributed by atoms with Crippen LogP contribution in [0.15, 0.2) is 18.2 Å². The van der Waals surface area contributed by atoms with Gasteiger partial charge in [0, 0.05) is 23.8 Å². The van der Waals surface area contributed by atoms with Crippen LogP contribution in [0.25, 0.3) is 0 Å². The van der Waals surface area contributed by atoms with Crippen molar-refractivity contribution in [3.05, 3.63) is 34.9 Å². The fourth-order valence-electron chi connectivity index (χ4n) is 6.12. The number of carbonyl (C=O) groups excluding carboxylic acids is 3. The van der Waals surface area contributed by atoms with Crippen LogP contribution in [-0.2, 0) is 20.7 Å². The van der Waals surface area contributed by atoms with E-state index in [0.29, 0.717) is 35.7 Å². The van der Waals surface area contributed by atoms with Gasteiger partial charge in [-0.05, 0) is 74.0 Å². The average Bonchev–Trinajstić information content (AvgIpc) is 3.00. The van der Waals surface area contributed by atoms with Gasteiger partial charge in [0.05, 0.1) is 13.0 Å². The van der Waals surface area contributed by atoms with E-state index >= 15 is 0 Å². The first kappa shape index (κ1) is 19.4. The fraction of sp³-hybridized carbons (Fsp3) is 0.625. The number of esters is 1. The maximum absolute atomic E-state index is 12.5. The molecule has 1 aromatic rings. The zero-order valence-electron chi connectivity index (χ0n) is 17.0. The quantitative estimate of drug-likeness (QED) is 0.550. The van der Waals surface area contributed by atoms with Crippen LogP contribution in [0.3, 0.4) is 0 Å². The van der Waals surface area contributed by atoms with Crippen molar-refractivity contribution in [1.82, 2.24) is 0 Å². The second-order valence-electron chi connectivity index (χ2n) is 8.98. The summed E-state index contributed by atoms with van der Waals surface area (Å²) in [5, 5.41) is 0. The molecule has 0 heterocycles. The van der Waals surface area contributed by atoms with Crippen LogP contribution in [0.2, 0.25) is 0 Å². The van der Waals surface area contributed by atoms with Gasteiger partial charge >= 0.3 is 5.97 Å². The molecule has 4 nitrogen and oxygen atoms in total. The smallest absolute Gasteiger partial charge is 0.306 e. The highest BCUT2D eigenvalue weighted by Crippen LogP contribution is 2.59. The lowest BCUT2D eigenvalue weighted by Gasteiger charge is -2.48. The summed E-state index contributed by atoms with van der Waals surface area (Å²) in [5.41, 5.74) is 3.29. The lowest BCUT2D eigenvalue weighted by Crippen LogP contribution is -2.42. The Hall–Kier alpha value is -1.97. The molecule has 3 aliphatic carbocycles. The molecule has 0 N–H and O–H groups in total. The van der Waals surface area contributed by atoms with Crippen molar-refractivity contribution in [2.75, 3.05) is 6.61 Å². The molecule has 2 fully saturated rings. The Balaban J connectivity index is 1.49. The maximum Gasteiger partial charge on any atom is 0.306 e. The first-order valence-corrected chi connectivity index (χ1v) is 10.8.